The van der Waals surface area contributed by atoms with Crippen LogP contribution in [-0.2, 0) is 20.9 Å². The van der Waals surface area contributed by atoms with Crippen molar-refractivity contribution < 1.29 is 24.0 Å². The number of methoxy groups -OCH3 is 1. The minimum Gasteiger partial charge on any atom is -0.465 e. The Balaban J connectivity index is 2.41. The Morgan fingerprint density at radius 3 is 2.26 bits per heavy atom. The van der Waals surface area contributed by atoms with E-state index < -0.39 is 5.97 Å². The number of amides is 2. The second-order valence-corrected chi connectivity index (χ2v) is 5.56. The summed E-state index contributed by atoms with van der Waals surface area (Å²) in [7, 11) is 6.50. The van der Waals surface area contributed by atoms with Crippen molar-refractivity contribution in [3.05, 3.63) is 35.4 Å². The molecule has 0 bridgehead atoms. The Bertz CT molecular complexity index is 555. The summed E-state index contributed by atoms with van der Waals surface area (Å²) in [6.45, 7) is 0.864. The zero-order valence-corrected chi connectivity index (χ0v) is 14.0. The second-order valence-electron chi connectivity index (χ2n) is 5.56. The maximum absolute atomic E-state index is 11.9. The van der Waals surface area contributed by atoms with E-state index in [4.69, 9.17) is 0 Å². The summed E-state index contributed by atoms with van der Waals surface area (Å²) >= 11 is 0. The van der Waals surface area contributed by atoms with Crippen LogP contribution in [0, 0.1) is 0 Å². The zero-order chi connectivity index (χ0) is 17.4. The van der Waals surface area contributed by atoms with Gasteiger partial charge in [-0.1, -0.05) is 12.1 Å². The molecule has 0 radical (unpaired) electrons. The highest BCUT2D eigenvalue weighted by molar-refractivity contribution is 5.89. The average Bonchev–Trinajstić information content (AvgIpc) is 2.52. The van der Waals surface area contributed by atoms with E-state index in [2.05, 4.69) is 10.1 Å². The van der Waals surface area contributed by atoms with E-state index in [-0.39, 0.29) is 24.9 Å². The van der Waals surface area contributed by atoms with Gasteiger partial charge in [0.05, 0.1) is 19.7 Å². The van der Waals surface area contributed by atoms with Crippen LogP contribution in [0.2, 0.25) is 0 Å². The first-order valence-electron chi connectivity index (χ1n) is 7.29. The highest BCUT2D eigenvalue weighted by Gasteiger charge is 2.15. The van der Waals surface area contributed by atoms with Gasteiger partial charge in [-0.3, -0.25) is 9.59 Å². The molecule has 0 spiro atoms. The van der Waals surface area contributed by atoms with E-state index in [0.717, 1.165) is 10.5 Å². The number of hydrogen-bond donors (Lipinski definition) is 2. The van der Waals surface area contributed by atoms with Crippen LogP contribution < -0.4 is 10.2 Å². The van der Waals surface area contributed by atoms with Crippen LogP contribution in [0.25, 0.3) is 0 Å². The number of nitrogens with zero attached hydrogens (tertiary/aromatic N) is 1. The lowest BCUT2D eigenvalue weighted by Gasteiger charge is -2.16. The number of carbonyl (C=O) groups excluding carboxylic acids is 3. The second kappa shape index (κ2) is 8.89. The van der Waals surface area contributed by atoms with Crippen LogP contribution in [0.1, 0.15) is 15.9 Å². The number of likely N-dealkylation sites (N-methyl/N-ethyl adjacent to an activating group) is 2. The molecule has 0 saturated carbocycles. The molecular formula is C16H24N3O4+. The molecule has 0 aliphatic heterocycles. The largest absolute Gasteiger partial charge is 0.465 e. The first-order chi connectivity index (χ1) is 10.8. The minimum atomic E-state index is -0.392. The van der Waals surface area contributed by atoms with Gasteiger partial charge >= 0.3 is 5.97 Å². The molecule has 0 aromatic heterocycles. The number of nitrogens with one attached hydrogen (secondary N) is 2. The van der Waals surface area contributed by atoms with E-state index >= 15 is 0 Å². The Hall–Kier alpha value is -2.41. The molecule has 126 valence electrons. The number of esters is 1. The molecule has 0 heterocycles. The molecule has 2 amide bonds. The van der Waals surface area contributed by atoms with Gasteiger partial charge in [-0.2, -0.15) is 0 Å². The molecule has 1 atom stereocenters. The van der Waals surface area contributed by atoms with Crippen molar-refractivity contribution in [2.24, 2.45) is 0 Å². The molecule has 1 aromatic carbocycles. The summed E-state index contributed by atoms with van der Waals surface area (Å²) < 4.78 is 4.62. The highest BCUT2D eigenvalue weighted by Crippen LogP contribution is 2.05. The Labute approximate surface area is 136 Å². The summed E-state index contributed by atoms with van der Waals surface area (Å²) in [6.07, 6.45) is 0. The molecule has 7 nitrogen and oxygen atoms in total. The summed E-state index contributed by atoms with van der Waals surface area (Å²) in [4.78, 5) is 37.1. The molecule has 23 heavy (non-hydrogen) atoms. The van der Waals surface area contributed by atoms with E-state index in [1.54, 1.807) is 45.4 Å². The van der Waals surface area contributed by atoms with Crippen molar-refractivity contribution in [2.75, 3.05) is 41.3 Å². The lowest BCUT2D eigenvalue weighted by Crippen LogP contribution is -3.11. The van der Waals surface area contributed by atoms with Gasteiger partial charge in [-0.25, -0.2) is 4.79 Å². The maximum atomic E-state index is 11.9. The Morgan fingerprint density at radius 1 is 1.13 bits per heavy atom. The van der Waals surface area contributed by atoms with Gasteiger partial charge < -0.3 is 19.9 Å². The third-order valence-corrected chi connectivity index (χ3v) is 3.28. The topological polar surface area (TPSA) is 80.1 Å². The predicted octanol–water partition coefficient (Wildman–Crippen LogP) is -1.31. The molecule has 1 rings (SSSR count). The first-order valence-corrected chi connectivity index (χ1v) is 7.29. The van der Waals surface area contributed by atoms with E-state index in [9.17, 15) is 14.4 Å². The Morgan fingerprint density at radius 2 is 1.74 bits per heavy atom. The lowest BCUT2D eigenvalue weighted by molar-refractivity contribution is -0.862. The van der Waals surface area contributed by atoms with Gasteiger partial charge in [0, 0.05) is 20.6 Å². The van der Waals surface area contributed by atoms with Crippen molar-refractivity contribution >= 4 is 17.8 Å². The fourth-order valence-electron chi connectivity index (χ4n) is 1.89. The van der Waals surface area contributed by atoms with Gasteiger partial charge in [0.2, 0.25) is 0 Å². The van der Waals surface area contributed by atoms with Crippen LogP contribution in [0.15, 0.2) is 24.3 Å². The molecule has 1 unspecified atom stereocenters. The summed E-state index contributed by atoms with van der Waals surface area (Å²) in [5.74, 6) is -0.545. The molecule has 2 N–H and O–H groups in total. The molecule has 1 aromatic rings. The van der Waals surface area contributed by atoms with Crippen molar-refractivity contribution in [1.82, 2.24) is 10.2 Å². The van der Waals surface area contributed by atoms with Gasteiger partial charge in [0.1, 0.15) is 0 Å². The molecular weight excluding hydrogens is 298 g/mol. The fourth-order valence-corrected chi connectivity index (χ4v) is 1.89. The molecule has 0 aliphatic carbocycles. The van der Waals surface area contributed by atoms with E-state index in [0.29, 0.717) is 12.1 Å². The van der Waals surface area contributed by atoms with Gasteiger partial charge in [0.25, 0.3) is 11.8 Å². The summed E-state index contributed by atoms with van der Waals surface area (Å²) in [6, 6.07) is 6.83. The molecule has 0 fully saturated rings. The first kappa shape index (κ1) is 18.6. The third-order valence-electron chi connectivity index (χ3n) is 3.28. The highest BCUT2D eigenvalue weighted by atomic mass is 16.5. The third kappa shape index (κ3) is 6.48. The van der Waals surface area contributed by atoms with Gasteiger partial charge in [-0.15, -0.1) is 0 Å². The fraction of sp³-hybridized carbons (Fsp3) is 0.438. The number of carbonyl (C=O) groups is 3. The number of benzene rings is 1. The van der Waals surface area contributed by atoms with Crippen LogP contribution in [0.5, 0.6) is 0 Å². The smallest absolute Gasteiger partial charge is 0.337 e. The monoisotopic (exact) mass is 322 g/mol. The predicted molar refractivity (Wildman–Crippen MR) is 84.9 cm³/mol. The Kier molecular flexibility index (Phi) is 7.21. The number of ether oxygens (including phenoxy) is 1. The van der Waals surface area contributed by atoms with Crippen molar-refractivity contribution in [3.63, 3.8) is 0 Å². The number of hydrogen-bond acceptors (Lipinski definition) is 4. The SMILES string of the molecule is COC(=O)c1ccc(CNC(=O)C[NH+](C)CC(=O)N(C)C)cc1. The quantitative estimate of drug-likeness (QED) is 0.611. The molecule has 0 saturated heterocycles. The zero-order valence-electron chi connectivity index (χ0n) is 14.0. The summed E-state index contributed by atoms with van der Waals surface area (Å²) in [5, 5.41) is 2.79. The van der Waals surface area contributed by atoms with Crippen LogP contribution in [0.4, 0.5) is 0 Å². The van der Waals surface area contributed by atoms with Crippen molar-refractivity contribution in [2.45, 2.75) is 6.54 Å². The van der Waals surface area contributed by atoms with E-state index in [1.807, 2.05) is 0 Å². The molecule has 0 aliphatic rings. The minimum absolute atomic E-state index is 0.0197. The maximum Gasteiger partial charge on any atom is 0.337 e. The normalized spacial score (nSPS) is 11.5. The van der Waals surface area contributed by atoms with Crippen LogP contribution >= 0.6 is 0 Å². The average molecular weight is 322 g/mol. The number of rotatable bonds is 7. The number of quaternary nitrogens is 1. The summed E-state index contributed by atoms with van der Waals surface area (Å²) in [5.41, 5.74) is 1.35. The lowest BCUT2D eigenvalue weighted by atomic mass is 10.1. The van der Waals surface area contributed by atoms with Gasteiger partial charge in [0.15, 0.2) is 13.1 Å². The molecule has 7 heteroatoms. The van der Waals surface area contributed by atoms with Crippen molar-refractivity contribution in [3.8, 4) is 0 Å². The standard InChI is InChI=1S/C16H23N3O4/c1-18(2)15(21)11-19(3)10-14(20)17-9-12-5-7-13(8-6-12)16(22)23-4/h5-8H,9-11H2,1-4H3,(H,17,20)/p+1. The van der Waals surface area contributed by atoms with Crippen molar-refractivity contribution in [1.29, 1.82) is 0 Å². The van der Waals surface area contributed by atoms with Gasteiger partial charge in [-0.05, 0) is 17.7 Å². The van der Waals surface area contributed by atoms with Crippen LogP contribution in [0.3, 0.4) is 0 Å². The van der Waals surface area contributed by atoms with Crippen LogP contribution in [-0.4, -0.2) is 64.0 Å². The van der Waals surface area contributed by atoms with E-state index in [1.165, 1.54) is 12.0 Å².